The highest BCUT2D eigenvalue weighted by molar-refractivity contribution is 5.98. The third-order valence-corrected chi connectivity index (χ3v) is 4.99. The first-order chi connectivity index (χ1) is 14.4. The SMILES string of the molecule is CC(OC(=O)Cn1c2ccccc2c(=O)c2ccccc21)C(=O)NC(=O)NC1CC1. The highest BCUT2D eigenvalue weighted by Gasteiger charge is 2.26. The Hall–Kier alpha value is -3.68. The highest BCUT2D eigenvalue weighted by Crippen LogP contribution is 2.19. The standard InChI is InChI=1S/C22H21N3O5/c1-13(21(28)24-22(29)23-14-10-11-14)30-19(26)12-25-17-8-4-2-6-15(17)20(27)16-7-3-5-9-18(16)25/h2-9,13-14H,10-12H2,1H3,(H2,23,24,28,29). The molecule has 1 aliphatic rings. The Morgan fingerprint density at radius 1 is 1.03 bits per heavy atom. The molecule has 30 heavy (non-hydrogen) atoms. The van der Waals surface area contributed by atoms with Gasteiger partial charge < -0.3 is 14.6 Å². The quantitative estimate of drug-likeness (QED) is 0.497. The maximum Gasteiger partial charge on any atom is 0.326 e. The lowest BCUT2D eigenvalue weighted by Crippen LogP contribution is -2.45. The predicted molar refractivity (Wildman–Crippen MR) is 111 cm³/mol. The summed E-state index contributed by atoms with van der Waals surface area (Å²) in [5.74, 6) is -1.35. The Morgan fingerprint density at radius 3 is 2.17 bits per heavy atom. The van der Waals surface area contributed by atoms with Crippen LogP contribution in [0.1, 0.15) is 19.8 Å². The second-order valence-corrected chi connectivity index (χ2v) is 7.32. The number of benzene rings is 2. The Kier molecular flexibility index (Phi) is 5.22. The molecule has 3 amide bonds. The summed E-state index contributed by atoms with van der Waals surface area (Å²) in [6.45, 7) is 1.21. The van der Waals surface area contributed by atoms with Gasteiger partial charge in [-0.3, -0.25) is 19.7 Å². The highest BCUT2D eigenvalue weighted by atomic mass is 16.5. The third kappa shape index (κ3) is 4.03. The van der Waals surface area contributed by atoms with E-state index in [1.807, 2.05) is 0 Å². The van der Waals surface area contributed by atoms with Crippen molar-refractivity contribution in [1.82, 2.24) is 15.2 Å². The molecule has 0 saturated heterocycles. The van der Waals surface area contributed by atoms with E-state index >= 15 is 0 Å². The molecule has 154 valence electrons. The van der Waals surface area contributed by atoms with Gasteiger partial charge in [-0.25, -0.2) is 4.79 Å². The number of imide groups is 1. The molecule has 1 fully saturated rings. The van der Waals surface area contributed by atoms with Crippen LogP contribution in [0.3, 0.4) is 0 Å². The van der Waals surface area contributed by atoms with Gasteiger partial charge in [0.25, 0.3) is 5.91 Å². The number of amides is 3. The van der Waals surface area contributed by atoms with Crippen molar-refractivity contribution in [2.24, 2.45) is 0 Å². The summed E-state index contributed by atoms with van der Waals surface area (Å²) >= 11 is 0. The van der Waals surface area contributed by atoms with Gasteiger partial charge in [0.05, 0.1) is 11.0 Å². The summed E-state index contributed by atoms with van der Waals surface area (Å²) in [6, 6.07) is 13.5. The minimum absolute atomic E-state index is 0.109. The van der Waals surface area contributed by atoms with Gasteiger partial charge in [-0.15, -0.1) is 0 Å². The van der Waals surface area contributed by atoms with Gasteiger partial charge in [0.1, 0.15) is 6.54 Å². The van der Waals surface area contributed by atoms with Crippen LogP contribution in [-0.2, 0) is 20.9 Å². The minimum atomic E-state index is -1.14. The number of fused-ring (bicyclic) bond motifs is 2. The van der Waals surface area contributed by atoms with Crippen molar-refractivity contribution >= 4 is 39.7 Å². The van der Waals surface area contributed by atoms with E-state index in [9.17, 15) is 19.2 Å². The molecule has 4 rings (SSSR count). The number of pyridine rings is 1. The largest absolute Gasteiger partial charge is 0.451 e. The van der Waals surface area contributed by atoms with Gasteiger partial charge in [-0.05, 0) is 44.0 Å². The van der Waals surface area contributed by atoms with Crippen LogP contribution in [0.25, 0.3) is 21.8 Å². The number of aromatic nitrogens is 1. The second-order valence-electron chi connectivity index (χ2n) is 7.32. The average molecular weight is 407 g/mol. The van der Waals surface area contributed by atoms with Crippen molar-refractivity contribution in [1.29, 1.82) is 0 Å². The van der Waals surface area contributed by atoms with E-state index in [1.54, 1.807) is 53.1 Å². The number of esters is 1. The molecule has 2 aromatic carbocycles. The van der Waals surface area contributed by atoms with Gasteiger partial charge in [-0.2, -0.15) is 0 Å². The Labute approximate surface area is 171 Å². The molecule has 1 saturated carbocycles. The fourth-order valence-corrected chi connectivity index (χ4v) is 3.33. The normalized spacial score (nSPS) is 14.3. The monoisotopic (exact) mass is 407 g/mol. The molecular weight excluding hydrogens is 386 g/mol. The van der Waals surface area contributed by atoms with Crippen LogP contribution in [0.4, 0.5) is 4.79 Å². The van der Waals surface area contributed by atoms with Crippen molar-refractivity contribution in [3.8, 4) is 0 Å². The molecule has 0 bridgehead atoms. The Balaban J connectivity index is 1.54. The Morgan fingerprint density at radius 2 is 1.60 bits per heavy atom. The minimum Gasteiger partial charge on any atom is -0.451 e. The molecule has 3 aromatic rings. The zero-order valence-corrected chi connectivity index (χ0v) is 16.4. The van der Waals surface area contributed by atoms with Crippen molar-refractivity contribution in [3.63, 3.8) is 0 Å². The van der Waals surface area contributed by atoms with E-state index in [2.05, 4.69) is 10.6 Å². The molecule has 0 aliphatic heterocycles. The number of hydrogen-bond acceptors (Lipinski definition) is 5. The van der Waals surface area contributed by atoms with Gasteiger partial charge >= 0.3 is 12.0 Å². The van der Waals surface area contributed by atoms with Crippen LogP contribution < -0.4 is 16.1 Å². The van der Waals surface area contributed by atoms with Crippen LogP contribution in [0.2, 0.25) is 0 Å². The molecule has 8 nitrogen and oxygen atoms in total. The molecule has 0 radical (unpaired) electrons. The lowest BCUT2D eigenvalue weighted by Gasteiger charge is -2.17. The fraction of sp³-hybridized carbons (Fsp3) is 0.273. The summed E-state index contributed by atoms with van der Waals surface area (Å²) in [5, 5.41) is 5.79. The molecule has 1 aromatic heterocycles. The van der Waals surface area contributed by atoms with E-state index in [1.165, 1.54) is 6.92 Å². The van der Waals surface area contributed by atoms with E-state index in [0.717, 1.165) is 12.8 Å². The summed E-state index contributed by atoms with van der Waals surface area (Å²) < 4.78 is 6.93. The number of rotatable bonds is 5. The van der Waals surface area contributed by atoms with Crippen LogP contribution >= 0.6 is 0 Å². The summed E-state index contributed by atoms with van der Waals surface area (Å²) in [7, 11) is 0. The van der Waals surface area contributed by atoms with Crippen LogP contribution in [0.5, 0.6) is 0 Å². The molecule has 1 aliphatic carbocycles. The number of nitrogens with one attached hydrogen (secondary N) is 2. The summed E-state index contributed by atoms with van der Waals surface area (Å²) in [6.07, 6.45) is 0.653. The van der Waals surface area contributed by atoms with Gasteiger partial charge in [0.2, 0.25) is 0 Å². The van der Waals surface area contributed by atoms with Crippen molar-refractivity contribution in [2.45, 2.75) is 38.5 Å². The van der Waals surface area contributed by atoms with E-state index in [0.29, 0.717) is 21.8 Å². The zero-order chi connectivity index (χ0) is 21.3. The maximum absolute atomic E-state index is 12.8. The topological polar surface area (TPSA) is 106 Å². The lowest BCUT2D eigenvalue weighted by atomic mass is 10.1. The number of nitrogens with zero attached hydrogens (tertiary/aromatic N) is 1. The van der Waals surface area contributed by atoms with Crippen molar-refractivity contribution < 1.29 is 19.1 Å². The molecule has 8 heteroatoms. The van der Waals surface area contributed by atoms with Crippen LogP contribution in [-0.4, -0.2) is 34.6 Å². The first-order valence-electron chi connectivity index (χ1n) is 9.75. The number of para-hydroxylation sites is 2. The van der Waals surface area contributed by atoms with Gasteiger partial charge in [-0.1, -0.05) is 24.3 Å². The Bertz CT molecular complexity index is 1150. The summed E-state index contributed by atoms with van der Waals surface area (Å²) in [4.78, 5) is 49.1. The fourth-order valence-electron chi connectivity index (χ4n) is 3.33. The number of carbonyl (C=O) groups is 3. The first-order valence-corrected chi connectivity index (χ1v) is 9.75. The van der Waals surface area contributed by atoms with Crippen LogP contribution in [0, 0.1) is 0 Å². The zero-order valence-electron chi connectivity index (χ0n) is 16.4. The third-order valence-electron chi connectivity index (χ3n) is 4.99. The van der Waals surface area contributed by atoms with E-state index in [4.69, 9.17) is 4.74 Å². The van der Waals surface area contributed by atoms with Crippen molar-refractivity contribution in [2.75, 3.05) is 0 Å². The second kappa shape index (κ2) is 7.98. The van der Waals surface area contributed by atoms with E-state index < -0.39 is 24.0 Å². The number of urea groups is 1. The predicted octanol–water partition coefficient (Wildman–Crippen LogP) is 2.07. The number of carbonyl (C=O) groups excluding carboxylic acids is 3. The van der Waals surface area contributed by atoms with E-state index in [-0.39, 0.29) is 18.0 Å². The lowest BCUT2D eigenvalue weighted by molar-refractivity contribution is -0.154. The summed E-state index contributed by atoms with van der Waals surface area (Å²) in [5.41, 5.74) is 1.08. The smallest absolute Gasteiger partial charge is 0.326 e. The van der Waals surface area contributed by atoms with Gasteiger partial charge in [0, 0.05) is 16.8 Å². The average Bonchev–Trinajstić information content (AvgIpc) is 3.54. The molecule has 1 unspecified atom stereocenters. The van der Waals surface area contributed by atoms with Gasteiger partial charge in [0.15, 0.2) is 11.5 Å². The number of hydrogen-bond donors (Lipinski definition) is 2. The molecule has 2 N–H and O–H groups in total. The first kappa shape index (κ1) is 19.6. The molecule has 1 atom stereocenters. The van der Waals surface area contributed by atoms with Crippen LogP contribution in [0.15, 0.2) is 53.3 Å². The molecular formula is C22H21N3O5. The molecule has 1 heterocycles. The molecule has 0 spiro atoms. The van der Waals surface area contributed by atoms with Crippen molar-refractivity contribution in [3.05, 3.63) is 58.8 Å². The maximum atomic E-state index is 12.8. The number of ether oxygens (including phenoxy) is 1.